The van der Waals surface area contributed by atoms with Gasteiger partial charge in [0.15, 0.2) is 23.1 Å². The molecule has 0 fully saturated rings. The Morgan fingerprint density at radius 1 is 0.404 bits per heavy atom. The fourth-order valence-electron chi connectivity index (χ4n) is 7.46. The lowest BCUT2D eigenvalue weighted by Gasteiger charge is -2.11. The highest BCUT2D eigenvalue weighted by atomic mass is 32.1. The molecule has 0 aliphatic heterocycles. The number of fused-ring (bicyclic) bond motifs is 10. The largest absolute Gasteiger partial charge is 0.291 e. The lowest BCUT2D eigenvalue weighted by atomic mass is 10.0. The molecule has 0 aliphatic carbocycles. The van der Waals surface area contributed by atoms with Crippen molar-refractivity contribution in [2.24, 2.45) is 0 Å². The van der Waals surface area contributed by atoms with Gasteiger partial charge in [-0.25, -0.2) is 19.9 Å². The van der Waals surface area contributed by atoms with Crippen molar-refractivity contribution in [3.05, 3.63) is 164 Å². The molecular weight excluding hydrogens is 655 g/mol. The first-order valence-corrected chi connectivity index (χ1v) is 18.1. The number of imidazole rings is 1. The van der Waals surface area contributed by atoms with Crippen LogP contribution in [0.4, 0.5) is 0 Å². The van der Waals surface area contributed by atoms with Crippen LogP contribution in [0, 0.1) is 0 Å². The highest BCUT2D eigenvalue weighted by Gasteiger charge is 2.20. The Balaban J connectivity index is 1.14. The first-order chi connectivity index (χ1) is 25.7. The van der Waals surface area contributed by atoms with Gasteiger partial charge in [-0.3, -0.25) is 4.40 Å². The van der Waals surface area contributed by atoms with E-state index in [9.17, 15) is 0 Å². The molecule has 0 aliphatic rings. The zero-order valence-corrected chi connectivity index (χ0v) is 28.5. The Morgan fingerprint density at radius 3 is 1.63 bits per heavy atom. The van der Waals surface area contributed by atoms with E-state index in [4.69, 9.17) is 19.9 Å². The molecule has 0 unspecified atom stereocenters. The van der Waals surface area contributed by atoms with Crippen LogP contribution in [0.5, 0.6) is 0 Å². The summed E-state index contributed by atoms with van der Waals surface area (Å²) in [5.41, 5.74) is 8.08. The molecule has 7 aromatic carbocycles. The minimum atomic E-state index is 0.634. The van der Waals surface area contributed by atoms with Gasteiger partial charge in [0.1, 0.15) is 0 Å². The number of rotatable bonds is 4. The Labute approximate surface area is 302 Å². The second kappa shape index (κ2) is 11.4. The van der Waals surface area contributed by atoms with Crippen LogP contribution in [-0.4, -0.2) is 24.3 Å². The third-order valence-electron chi connectivity index (χ3n) is 10.0. The van der Waals surface area contributed by atoms with Crippen LogP contribution in [0.1, 0.15) is 0 Å². The number of hydrogen-bond acceptors (Lipinski definition) is 5. The van der Waals surface area contributed by atoms with Crippen LogP contribution in [0.2, 0.25) is 0 Å². The van der Waals surface area contributed by atoms with Crippen LogP contribution in [0.3, 0.4) is 0 Å². The third-order valence-corrected chi connectivity index (χ3v) is 11.2. The van der Waals surface area contributed by atoms with E-state index in [0.29, 0.717) is 17.5 Å². The third kappa shape index (κ3) is 4.55. The molecule has 0 saturated carbocycles. The molecule has 5 nitrogen and oxygen atoms in total. The van der Waals surface area contributed by atoms with Crippen molar-refractivity contribution in [2.45, 2.75) is 0 Å². The maximum Gasteiger partial charge on any atom is 0.164 e. The minimum Gasteiger partial charge on any atom is -0.291 e. The van der Waals surface area contributed by atoms with E-state index in [1.807, 2.05) is 72.0 Å². The summed E-state index contributed by atoms with van der Waals surface area (Å²) in [6.07, 6.45) is 0. The fourth-order valence-corrected chi connectivity index (χ4v) is 8.65. The van der Waals surface area contributed by atoms with Crippen molar-refractivity contribution in [3.63, 3.8) is 0 Å². The molecule has 52 heavy (non-hydrogen) atoms. The lowest BCUT2D eigenvalue weighted by Crippen LogP contribution is -2.00. The predicted molar refractivity (Wildman–Crippen MR) is 216 cm³/mol. The zero-order chi connectivity index (χ0) is 34.2. The van der Waals surface area contributed by atoms with Crippen molar-refractivity contribution in [1.82, 2.24) is 24.3 Å². The Hall–Kier alpha value is -6.76. The standard InChI is InChI=1S/C46H27N5S/c1-3-12-30(13-4-1)43-48-44(31-14-5-2-6-15-31)50-45(49-43)32-21-19-29(20-22-32)39-27-37-36-25-33-16-7-8-17-34(33)26-40(36)52-42(37)46-47-41-35-18-10-9-11-28(35)23-24-38(41)51(39)46/h1-27H. The van der Waals surface area contributed by atoms with Gasteiger partial charge < -0.3 is 0 Å². The Bertz CT molecular complexity index is 3110. The van der Waals surface area contributed by atoms with Crippen molar-refractivity contribution in [1.29, 1.82) is 0 Å². The van der Waals surface area contributed by atoms with Crippen LogP contribution < -0.4 is 0 Å². The van der Waals surface area contributed by atoms with E-state index in [-0.39, 0.29) is 0 Å². The highest BCUT2D eigenvalue weighted by Crippen LogP contribution is 2.43. The molecule has 6 heteroatoms. The second-order valence-corrected chi connectivity index (χ2v) is 14.2. The predicted octanol–water partition coefficient (Wildman–Crippen LogP) is 12.0. The number of benzene rings is 7. The van der Waals surface area contributed by atoms with Crippen LogP contribution in [0.15, 0.2) is 164 Å². The molecule has 11 aromatic rings. The molecule has 0 atom stereocenters. The zero-order valence-electron chi connectivity index (χ0n) is 27.7. The summed E-state index contributed by atoms with van der Waals surface area (Å²) in [6, 6.07) is 57.3. The Morgan fingerprint density at radius 2 is 0.962 bits per heavy atom. The normalized spacial score (nSPS) is 11.8. The van der Waals surface area contributed by atoms with E-state index in [1.54, 1.807) is 0 Å². The fraction of sp³-hybridized carbons (Fsp3) is 0. The number of pyridine rings is 1. The summed E-state index contributed by atoms with van der Waals surface area (Å²) in [6.45, 7) is 0. The number of thiophene rings is 1. The second-order valence-electron chi connectivity index (χ2n) is 13.1. The first kappa shape index (κ1) is 29.0. The van der Waals surface area contributed by atoms with Gasteiger partial charge in [0.05, 0.1) is 21.4 Å². The van der Waals surface area contributed by atoms with E-state index in [2.05, 4.69) is 108 Å². The highest BCUT2D eigenvalue weighted by molar-refractivity contribution is 7.26. The van der Waals surface area contributed by atoms with Gasteiger partial charge >= 0.3 is 0 Å². The van der Waals surface area contributed by atoms with Gasteiger partial charge in [-0.05, 0) is 46.0 Å². The molecule has 0 saturated heterocycles. The van der Waals surface area contributed by atoms with Gasteiger partial charge in [-0.15, -0.1) is 11.3 Å². The maximum atomic E-state index is 5.41. The summed E-state index contributed by atoms with van der Waals surface area (Å²) in [7, 11) is 0. The average molecular weight is 682 g/mol. The summed E-state index contributed by atoms with van der Waals surface area (Å²) in [4.78, 5) is 20.2. The number of nitrogens with zero attached hydrogens (tertiary/aromatic N) is 5. The van der Waals surface area contributed by atoms with E-state index >= 15 is 0 Å². The molecular formula is C46H27N5S. The number of hydrogen-bond donors (Lipinski definition) is 0. The summed E-state index contributed by atoms with van der Waals surface area (Å²) >= 11 is 1.82. The van der Waals surface area contributed by atoms with Gasteiger partial charge in [-0.2, -0.15) is 0 Å². The molecule has 11 rings (SSSR count). The average Bonchev–Trinajstić information content (AvgIpc) is 3.79. The van der Waals surface area contributed by atoms with Crippen LogP contribution in [-0.2, 0) is 0 Å². The molecule has 4 heterocycles. The van der Waals surface area contributed by atoms with Gasteiger partial charge in [0.2, 0.25) is 0 Å². The molecule has 4 aromatic heterocycles. The lowest BCUT2D eigenvalue weighted by molar-refractivity contribution is 1.07. The molecule has 0 radical (unpaired) electrons. The Kier molecular flexibility index (Phi) is 6.35. The van der Waals surface area contributed by atoms with Crippen molar-refractivity contribution in [3.8, 4) is 45.4 Å². The van der Waals surface area contributed by atoms with Gasteiger partial charge in [0.25, 0.3) is 0 Å². The minimum absolute atomic E-state index is 0.634. The first-order valence-electron chi connectivity index (χ1n) is 17.3. The quantitative estimate of drug-likeness (QED) is 0.185. The molecule has 242 valence electrons. The molecule has 0 amide bonds. The van der Waals surface area contributed by atoms with Crippen molar-refractivity contribution in [2.75, 3.05) is 0 Å². The van der Waals surface area contributed by atoms with Gasteiger partial charge in [-0.1, -0.05) is 140 Å². The SMILES string of the molecule is c1ccc(-c2nc(-c3ccccc3)nc(-c3ccc(-c4cc5c6cc7ccccc7cc6sc5c5nc6c7ccccc7ccc6n45)cc3)n2)cc1. The summed E-state index contributed by atoms with van der Waals surface area (Å²) in [5, 5.41) is 7.30. The molecule has 0 bridgehead atoms. The van der Waals surface area contributed by atoms with Gasteiger partial charge in [0, 0.05) is 37.5 Å². The van der Waals surface area contributed by atoms with Crippen LogP contribution in [0.25, 0.3) is 104 Å². The van der Waals surface area contributed by atoms with E-state index < -0.39 is 0 Å². The molecule has 0 N–H and O–H groups in total. The van der Waals surface area contributed by atoms with Crippen molar-refractivity contribution < 1.29 is 0 Å². The van der Waals surface area contributed by atoms with E-state index in [1.165, 1.54) is 36.3 Å². The summed E-state index contributed by atoms with van der Waals surface area (Å²) < 4.78 is 4.80. The topological polar surface area (TPSA) is 56.0 Å². The van der Waals surface area contributed by atoms with E-state index in [0.717, 1.165) is 50.0 Å². The summed E-state index contributed by atoms with van der Waals surface area (Å²) in [5.74, 6) is 1.93. The smallest absolute Gasteiger partial charge is 0.164 e. The maximum absolute atomic E-state index is 5.41. The number of aromatic nitrogens is 5. The molecule has 0 spiro atoms. The van der Waals surface area contributed by atoms with Crippen LogP contribution >= 0.6 is 11.3 Å². The van der Waals surface area contributed by atoms with Crippen molar-refractivity contribution >= 4 is 69.7 Å². The monoisotopic (exact) mass is 681 g/mol.